The first-order valence-corrected chi connectivity index (χ1v) is 5.40. The highest BCUT2D eigenvalue weighted by Gasteiger charge is 2.14. The van der Waals surface area contributed by atoms with Gasteiger partial charge in [-0.15, -0.1) is 0 Å². The van der Waals surface area contributed by atoms with E-state index in [1.54, 1.807) is 0 Å². The van der Waals surface area contributed by atoms with Crippen molar-refractivity contribution in [3.8, 4) is 0 Å². The van der Waals surface area contributed by atoms with Crippen molar-refractivity contribution in [2.45, 2.75) is 12.8 Å². The lowest BCUT2D eigenvalue weighted by atomic mass is 9.92. The van der Waals surface area contributed by atoms with Crippen LogP contribution in [0.5, 0.6) is 0 Å². The van der Waals surface area contributed by atoms with E-state index in [-0.39, 0.29) is 0 Å². The molecule has 75 valence electrons. The van der Waals surface area contributed by atoms with Crippen molar-refractivity contribution in [2.24, 2.45) is 5.92 Å². The first kappa shape index (κ1) is 10.0. The van der Waals surface area contributed by atoms with Gasteiger partial charge in [-0.2, -0.15) is 0 Å². The lowest BCUT2D eigenvalue weighted by Gasteiger charge is -2.21. The summed E-state index contributed by atoms with van der Waals surface area (Å²) >= 11 is 5.92. The minimum absolute atomic E-state index is 0.655. The van der Waals surface area contributed by atoms with Gasteiger partial charge >= 0.3 is 0 Å². The zero-order valence-corrected chi connectivity index (χ0v) is 8.83. The Morgan fingerprint density at radius 1 is 1.29 bits per heavy atom. The average Bonchev–Trinajstić information content (AvgIpc) is 2.19. The maximum Gasteiger partial charge on any atom is 0.0468 e. The highest BCUT2D eigenvalue weighted by atomic mass is 35.5. The van der Waals surface area contributed by atoms with Crippen LogP contribution in [0.1, 0.15) is 18.4 Å². The average molecular weight is 210 g/mol. The van der Waals surface area contributed by atoms with Crippen molar-refractivity contribution in [1.82, 2.24) is 0 Å². The molecule has 1 aromatic rings. The minimum Gasteiger partial charge on any atom is -0.381 e. The molecule has 0 atom stereocenters. The number of halogens is 1. The smallest absolute Gasteiger partial charge is 0.0468 e. The van der Waals surface area contributed by atoms with Crippen LogP contribution in [0.25, 0.3) is 0 Å². The third kappa shape index (κ3) is 2.73. The predicted octanol–water partition coefficient (Wildman–Crippen LogP) is 3.32. The second kappa shape index (κ2) is 4.81. The zero-order valence-electron chi connectivity index (χ0n) is 8.08. The van der Waals surface area contributed by atoms with Crippen LogP contribution in [0.15, 0.2) is 24.3 Å². The predicted molar refractivity (Wildman–Crippen MR) is 58.4 cm³/mol. The number of ether oxygens (including phenoxy) is 1. The molecule has 1 aliphatic rings. The van der Waals surface area contributed by atoms with Crippen molar-refractivity contribution in [1.29, 1.82) is 0 Å². The summed E-state index contributed by atoms with van der Waals surface area (Å²) in [6.07, 6.45) is 4.56. The van der Waals surface area contributed by atoms with Crippen molar-refractivity contribution in [2.75, 3.05) is 13.2 Å². The molecular weight excluding hydrogens is 196 g/mol. The van der Waals surface area contributed by atoms with Gasteiger partial charge in [0.1, 0.15) is 0 Å². The summed E-state index contributed by atoms with van der Waals surface area (Å²) in [6.45, 7) is 1.78. The van der Waals surface area contributed by atoms with E-state index in [1.807, 2.05) is 18.2 Å². The standard InChI is InChI=1S/C12H14ClO/c13-12-3-1-2-11(9-12)8-10-4-6-14-7-5-10/h1-3,8-10H,4-7H2. The third-order valence-corrected chi connectivity index (χ3v) is 2.78. The first-order chi connectivity index (χ1) is 6.84. The van der Waals surface area contributed by atoms with Crippen LogP contribution in [0.2, 0.25) is 5.02 Å². The second-order valence-electron chi connectivity index (χ2n) is 3.67. The monoisotopic (exact) mass is 209 g/mol. The zero-order chi connectivity index (χ0) is 9.80. The molecule has 1 aromatic carbocycles. The van der Waals surface area contributed by atoms with E-state index in [2.05, 4.69) is 12.5 Å². The van der Waals surface area contributed by atoms with E-state index in [4.69, 9.17) is 16.3 Å². The molecule has 1 radical (unpaired) electrons. The van der Waals surface area contributed by atoms with Crippen molar-refractivity contribution in [3.63, 3.8) is 0 Å². The molecule has 0 amide bonds. The molecule has 1 aliphatic heterocycles. The van der Waals surface area contributed by atoms with Crippen molar-refractivity contribution in [3.05, 3.63) is 41.3 Å². The number of benzene rings is 1. The van der Waals surface area contributed by atoms with Crippen LogP contribution in [-0.4, -0.2) is 13.2 Å². The molecule has 1 nitrogen and oxygen atoms in total. The lowest BCUT2D eigenvalue weighted by molar-refractivity contribution is 0.0755. The molecule has 1 saturated heterocycles. The number of hydrogen-bond donors (Lipinski definition) is 0. The molecule has 0 unspecified atom stereocenters. The Morgan fingerprint density at radius 3 is 2.79 bits per heavy atom. The maximum atomic E-state index is 5.92. The van der Waals surface area contributed by atoms with Gasteiger partial charge < -0.3 is 4.74 Å². The van der Waals surface area contributed by atoms with Crippen LogP contribution in [-0.2, 0) is 4.74 Å². The van der Waals surface area contributed by atoms with Gasteiger partial charge in [0, 0.05) is 18.2 Å². The number of hydrogen-bond acceptors (Lipinski definition) is 1. The molecule has 0 N–H and O–H groups in total. The van der Waals surface area contributed by atoms with E-state index in [0.717, 1.165) is 31.1 Å². The summed E-state index contributed by atoms with van der Waals surface area (Å²) in [4.78, 5) is 0. The van der Waals surface area contributed by atoms with Crippen LogP contribution < -0.4 is 0 Å². The van der Waals surface area contributed by atoms with Gasteiger partial charge in [-0.1, -0.05) is 23.7 Å². The van der Waals surface area contributed by atoms with E-state index in [9.17, 15) is 0 Å². The molecule has 1 fully saturated rings. The van der Waals surface area contributed by atoms with Crippen LogP contribution in [0.3, 0.4) is 0 Å². The summed E-state index contributed by atoms with van der Waals surface area (Å²) in [5, 5.41) is 0.811. The van der Waals surface area contributed by atoms with Gasteiger partial charge in [-0.05, 0) is 42.9 Å². The summed E-state index contributed by atoms with van der Waals surface area (Å²) in [5.74, 6) is 0.655. The third-order valence-electron chi connectivity index (χ3n) is 2.54. The Kier molecular flexibility index (Phi) is 3.44. The van der Waals surface area contributed by atoms with E-state index in [1.165, 1.54) is 5.56 Å². The summed E-state index contributed by atoms with van der Waals surface area (Å²) in [7, 11) is 0. The summed E-state index contributed by atoms with van der Waals surface area (Å²) in [6, 6.07) is 8.01. The van der Waals surface area contributed by atoms with Gasteiger partial charge in [-0.3, -0.25) is 0 Å². The SMILES string of the molecule is Clc1cccc([CH]C2CCOCC2)c1. The largest absolute Gasteiger partial charge is 0.381 e. The molecule has 2 heteroatoms. The Balaban J connectivity index is 1.95. The van der Waals surface area contributed by atoms with Crippen molar-refractivity contribution < 1.29 is 4.74 Å². The van der Waals surface area contributed by atoms with Gasteiger partial charge in [-0.25, -0.2) is 0 Å². The minimum atomic E-state index is 0.655. The van der Waals surface area contributed by atoms with E-state index in [0.29, 0.717) is 5.92 Å². The Morgan fingerprint density at radius 2 is 2.07 bits per heavy atom. The molecular formula is C12H14ClO. The molecule has 1 heterocycles. The number of rotatable bonds is 2. The quantitative estimate of drug-likeness (QED) is 0.726. The maximum absolute atomic E-state index is 5.92. The fourth-order valence-corrected chi connectivity index (χ4v) is 1.96. The topological polar surface area (TPSA) is 9.23 Å². The van der Waals surface area contributed by atoms with Crippen LogP contribution >= 0.6 is 11.6 Å². The Labute approximate surface area is 90.0 Å². The Hall–Kier alpha value is -0.530. The van der Waals surface area contributed by atoms with Crippen LogP contribution in [0, 0.1) is 12.3 Å². The highest BCUT2D eigenvalue weighted by molar-refractivity contribution is 6.30. The lowest BCUT2D eigenvalue weighted by Crippen LogP contribution is -2.16. The molecule has 2 rings (SSSR count). The Bertz CT molecular complexity index is 292. The van der Waals surface area contributed by atoms with E-state index < -0.39 is 0 Å². The van der Waals surface area contributed by atoms with Crippen molar-refractivity contribution >= 4 is 11.6 Å². The van der Waals surface area contributed by atoms with Gasteiger partial charge in [0.05, 0.1) is 0 Å². The van der Waals surface area contributed by atoms with Gasteiger partial charge in [0.2, 0.25) is 0 Å². The van der Waals surface area contributed by atoms with Crippen LogP contribution in [0.4, 0.5) is 0 Å². The fraction of sp³-hybridized carbons (Fsp3) is 0.417. The molecule has 0 bridgehead atoms. The van der Waals surface area contributed by atoms with E-state index >= 15 is 0 Å². The fourth-order valence-electron chi connectivity index (χ4n) is 1.76. The molecule has 0 aliphatic carbocycles. The highest BCUT2D eigenvalue weighted by Crippen LogP contribution is 2.23. The molecule has 14 heavy (non-hydrogen) atoms. The normalized spacial score (nSPS) is 18.4. The second-order valence-corrected chi connectivity index (χ2v) is 4.11. The molecule has 0 spiro atoms. The summed E-state index contributed by atoms with van der Waals surface area (Å²) < 4.78 is 5.32. The van der Waals surface area contributed by atoms with Gasteiger partial charge in [0.25, 0.3) is 0 Å². The first-order valence-electron chi connectivity index (χ1n) is 5.03. The summed E-state index contributed by atoms with van der Waals surface area (Å²) in [5.41, 5.74) is 1.23. The van der Waals surface area contributed by atoms with Gasteiger partial charge in [0.15, 0.2) is 0 Å². The molecule has 0 aromatic heterocycles. The molecule has 0 saturated carbocycles.